The molecule has 2 N–H and O–H groups in total. The molecule has 2 aliphatic heterocycles. The number of ether oxygens (including phenoxy) is 6. The van der Waals surface area contributed by atoms with E-state index in [2.05, 4.69) is 21.3 Å². The summed E-state index contributed by atoms with van der Waals surface area (Å²) in [7, 11) is 7.49. The number of anilines is 1. The van der Waals surface area contributed by atoms with Gasteiger partial charge in [-0.3, -0.25) is 14.5 Å². The van der Waals surface area contributed by atoms with Crippen molar-refractivity contribution in [2.45, 2.75) is 44.4 Å². The molecule has 0 spiro atoms. The summed E-state index contributed by atoms with van der Waals surface area (Å²) < 4.78 is 33.7. The maximum atomic E-state index is 13.8. The second kappa shape index (κ2) is 12.8. The number of hydrogen-bond donors (Lipinski definition) is 2. The van der Waals surface area contributed by atoms with Crippen molar-refractivity contribution in [1.29, 1.82) is 0 Å². The minimum atomic E-state index is -0.737. The molecule has 12 heteroatoms. The quantitative estimate of drug-likeness (QED) is 0.348. The van der Waals surface area contributed by atoms with Crippen LogP contribution in [0.25, 0.3) is 10.9 Å². The molecule has 6 unspecified atom stereocenters. The number of esters is 2. The van der Waals surface area contributed by atoms with Gasteiger partial charge in [0, 0.05) is 61.9 Å². The zero-order valence-electron chi connectivity index (χ0n) is 27.0. The first-order valence-corrected chi connectivity index (χ1v) is 15.5. The molecule has 6 rings (SSSR count). The van der Waals surface area contributed by atoms with E-state index in [1.165, 1.54) is 64.1 Å². The lowest BCUT2D eigenvalue weighted by Gasteiger charge is -2.52. The molecule has 3 aliphatic rings. The van der Waals surface area contributed by atoms with E-state index in [1.54, 1.807) is 7.11 Å². The van der Waals surface area contributed by atoms with Gasteiger partial charge in [-0.15, -0.1) is 0 Å². The maximum Gasteiger partial charge on any atom is 0.340 e. The zero-order chi connectivity index (χ0) is 32.7. The van der Waals surface area contributed by atoms with Gasteiger partial charge in [0.25, 0.3) is 0 Å². The third-order valence-corrected chi connectivity index (χ3v) is 9.91. The molecule has 12 nitrogen and oxygen atoms in total. The summed E-state index contributed by atoms with van der Waals surface area (Å²) >= 11 is 0. The molecule has 3 aromatic rings. The largest absolute Gasteiger partial charge is 0.497 e. The molecule has 246 valence electrons. The van der Waals surface area contributed by atoms with E-state index in [4.69, 9.17) is 28.4 Å². The summed E-state index contributed by atoms with van der Waals surface area (Å²) in [6.45, 7) is 2.97. The lowest BCUT2D eigenvalue weighted by Crippen LogP contribution is -2.58. The van der Waals surface area contributed by atoms with Crippen molar-refractivity contribution in [1.82, 2.24) is 9.88 Å². The minimum absolute atomic E-state index is 0.0517. The van der Waals surface area contributed by atoms with Crippen LogP contribution in [0.15, 0.2) is 30.3 Å². The van der Waals surface area contributed by atoms with E-state index in [0.717, 1.165) is 37.2 Å². The molecule has 1 amide bonds. The van der Waals surface area contributed by atoms with Crippen molar-refractivity contribution in [2.24, 2.45) is 17.8 Å². The fraction of sp³-hybridized carbons (Fsp3) is 0.500. The second-order valence-electron chi connectivity index (χ2n) is 12.2. The van der Waals surface area contributed by atoms with E-state index in [9.17, 15) is 14.4 Å². The number of nitrogens with zero attached hydrogens (tertiary/aromatic N) is 1. The molecule has 3 heterocycles. The SMILES string of the molecule is COC(=O)C1C2CC3c4[nH]c5cc(OC)ccc5c4CCN3CC2CC(OC(=O)c2cc(OC)c(OC)cc2NC(C)=O)C1OC. The van der Waals surface area contributed by atoms with Crippen LogP contribution in [0.5, 0.6) is 17.2 Å². The molecule has 6 atom stereocenters. The lowest BCUT2D eigenvalue weighted by atomic mass is 9.63. The van der Waals surface area contributed by atoms with Gasteiger partial charge in [0.15, 0.2) is 11.5 Å². The van der Waals surface area contributed by atoms with Gasteiger partial charge in [-0.1, -0.05) is 0 Å². The van der Waals surface area contributed by atoms with Crippen LogP contribution in [-0.2, 0) is 30.2 Å². The van der Waals surface area contributed by atoms with Gasteiger partial charge >= 0.3 is 11.9 Å². The predicted molar refractivity (Wildman–Crippen MR) is 168 cm³/mol. The standard InChI is InChI=1S/C34H41N3O9/c1-17(38)35-25-15-28(43-4)27(42-3)14-23(25)33(39)46-29-11-18-16-37-10-9-21-20-8-7-19(41-2)12-24(20)36-31(21)26(37)13-22(18)30(32(29)44-5)34(40)45-6/h7-8,12,14-15,18,22,26,29-30,32,36H,9-11,13,16H2,1-6H3,(H,35,38). The van der Waals surface area contributed by atoms with Crippen LogP contribution in [-0.4, -0.2) is 88.6 Å². The van der Waals surface area contributed by atoms with Crippen molar-refractivity contribution in [3.8, 4) is 17.2 Å². The molecule has 1 aliphatic carbocycles. The van der Waals surface area contributed by atoms with Gasteiger partial charge in [-0.25, -0.2) is 4.79 Å². The number of benzene rings is 2. The Balaban J connectivity index is 1.31. The van der Waals surface area contributed by atoms with Gasteiger partial charge in [0.1, 0.15) is 18.0 Å². The Bertz CT molecular complexity index is 1650. The number of nitrogens with one attached hydrogen (secondary N) is 2. The molecular weight excluding hydrogens is 594 g/mol. The molecule has 1 saturated carbocycles. The van der Waals surface area contributed by atoms with Crippen LogP contribution in [0.2, 0.25) is 0 Å². The van der Waals surface area contributed by atoms with Gasteiger partial charge in [0.2, 0.25) is 5.91 Å². The summed E-state index contributed by atoms with van der Waals surface area (Å²) in [5.74, 6) is -0.637. The Morgan fingerprint density at radius 2 is 1.72 bits per heavy atom. The van der Waals surface area contributed by atoms with Crippen molar-refractivity contribution in [3.05, 3.63) is 47.2 Å². The van der Waals surface area contributed by atoms with Gasteiger partial charge in [-0.05, 0) is 48.8 Å². The van der Waals surface area contributed by atoms with Crippen LogP contribution in [0.1, 0.15) is 47.4 Å². The molecule has 2 fully saturated rings. The third-order valence-electron chi connectivity index (χ3n) is 9.91. The van der Waals surface area contributed by atoms with Crippen molar-refractivity contribution in [3.63, 3.8) is 0 Å². The van der Waals surface area contributed by atoms with Crippen LogP contribution < -0.4 is 19.5 Å². The maximum absolute atomic E-state index is 13.8. The predicted octanol–water partition coefficient (Wildman–Crippen LogP) is 4.12. The Morgan fingerprint density at radius 3 is 2.39 bits per heavy atom. The highest BCUT2D eigenvalue weighted by Gasteiger charge is 2.54. The Hall–Kier alpha value is -4.29. The molecule has 46 heavy (non-hydrogen) atoms. The van der Waals surface area contributed by atoms with Crippen molar-refractivity contribution < 1.29 is 42.8 Å². The van der Waals surface area contributed by atoms with E-state index in [-0.39, 0.29) is 35.0 Å². The molecule has 2 aromatic carbocycles. The average molecular weight is 636 g/mol. The first kappa shape index (κ1) is 31.7. The number of rotatable bonds is 8. The summed E-state index contributed by atoms with van der Waals surface area (Å²) in [6, 6.07) is 9.21. The Kier molecular flexibility index (Phi) is 8.84. The number of amides is 1. The number of aromatic nitrogens is 1. The van der Waals surface area contributed by atoms with Crippen molar-refractivity contribution in [2.75, 3.05) is 54.0 Å². The Labute approximate surface area is 267 Å². The highest BCUT2D eigenvalue weighted by molar-refractivity contribution is 6.01. The van der Waals surface area contributed by atoms with E-state index >= 15 is 0 Å². The zero-order valence-corrected chi connectivity index (χ0v) is 27.0. The fourth-order valence-corrected chi connectivity index (χ4v) is 7.90. The number of aromatic amines is 1. The summed E-state index contributed by atoms with van der Waals surface area (Å²) in [4.78, 5) is 45.4. The Morgan fingerprint density at radius 1 is 0.957 bits per heavy atom. The van der Waals surface area contributed by atoms with Gasteiger partial charge in [-0.2, -0.15) is 0 Å². The topological polar surface area (TPSA) is 138 Å². The smallest absolute Gasteiger partial charge is 0.340 e. The molecule has 1 saturated heterocycles. The average Bonchev–Trinajstić information content (AvgIpc) is 3.44. The highest BCUT2D eigenvalue weighted by Crippen LogP contribution is 2.51. The van der Waals surface area contributed by atoms with Crippen molar-refractivity contribution >= 4 is 34.4 Å². The second-order valence-corrected chi connectivity index (χ2v) is 12.2. The summed E-state index contributed by atoms with van der Waals surface area (Å²) in [5.41, 5.74) is 3.85. The van der Waals surface area contributed by atoms with Gasteiger partial charge in [0.05, 0.1) is 51.6 Å². The first-order chi connectivity index (χ1) is 22.2. The molecule has 0 bridgehead atoms. The number of hydrogen-bond acceptors (Lipinski definition) is 10. The number of carbonyl (C=O) groups is 3. The molecule has 1 aromatic heterocycles. The summed E-state index contributed by atoms with van der Waals surface area (Å²) in [5, 5.41) is 3.88. The summed E-state index contributed by atoms with van der Waals surface area (Å²) in [6.07, 6.45) is 0.664. The van der Waals surface area contributed by atoms with E-state index in [0.29, 0.717) is 17.9 Å². The number of carbonyl (C=O) groups excluding carboxylic acids is 3. The van der Waals surface area contributed by atoms with Crippen LogP contribution in [0.4, 0.5) is 5.69 Å². The molecular formula is C34H41N3O9. The van der Waals surface area contributed by atoms with Crippen LogP contribution in [0, 0.1) is 17.8 Å². The van der Waals surface area contributed by atoms with E-state index < -0.39 is 30.1 Å². The van der Waals surface area contributed by atoms with Crippen LogP contribution >= 0.6 is 0 Å². The number of piperidine rings is 1. The number of H-pyrrole nitrogens is 1. The monoisotopic (exact) mass is 635 g/mol. The van der Waals surface area contributed by atoms with E-state index in [1.807, 2.05) is 12.1 Å². The number of fused-ring (bicyclic) bond motifs is 6. The highest BCUT2D eigenvalue weighted by atomic mass is 16.6. The fourth-order valence-electron chi connectivity index (χ4n) is 7.90. The lowest BCUT2D eigenvalue weighted by molar-refractivity contribution is -0.176. The minimum Gasteiger partial charge on any atom is -0.497 e. The molecule has 0 radical (unpaired) electrons. The van der Waals surface area contributed by atoms with Crippen LogP contribution in [0.3, 0.4) is 0 Å². The first-order valence-electron chi connectivity index (χ1n) is 15.5. The number of methoxy groups -OCH3 is 5. The van der Waals surface area contributed by atoms with Gasteiger partial charge < -0.3 is 38.7 Å². The third kappa shape index (κ3) is 5.53. The normalized spacial score (nSPS) is 25.4.